The Bertz CT molecular complexity index is 930. The molecule has 0 bridgehead atoms. The van der Waals surface area contributed by atoms with E-state index >= 15 is 0 Å². The number of aromatic nitrogens is 2. The molecule has 3 heterocycles. The van der Waals surface area contributed by atoms with Crippen molar-refractivity contribution in [2.75, 3.05) is 31.1 Å². The van der Waals surface area contributed by atoms with E-state index in [-0.39, 0.29) is 5.91 Å². The van der Waals surface area contributed by atoms with Crippen LogP contribution in [0.2, 0.25) is 0 Å². The first kappa shape index (κ1) is 17.1. The van der Waals surface area contributed by atoms with Crippen molar-refractivity contribution < 1.29 is 4.79 Å². The summed E-state index contributed by atoms with van der Waals surface area (Å²) in [5.41, 5.74) is 2.18. The highest BCUT2D eigenvalue weighted by atomic mass is 79.9. The number of carbonyl (C=O) groups is 1. The van der Waals surface area contributed by atoms with E-state index in [4.69, 9.17) is 0 Å². The molecule has 2 aromatic heterocycles. The molecule has 0 aliphatic carbocycles. The van der Waals surface area contributed by atoms with Gasteiger partial charge in [-0.1, -0.05) is 24.3 Å². The molecule has 1 fully saturated rings. The Morgan fingerprint density at radius 2 is 1.81 bits per heavy atom. The molecule has 1 saturated heterocycles. The smallest absolute Gasteiger partial charge is 0.242 e. The van der Waals surface area contributed by atoms with Gasteiger partial charge in [0.15, 0.2) is 0 Å². The Balaban J connectivity index is 1.46. The lowest BCUT2D eigenvalue weighted by Gasteiger charge is -2.35. The number of amides is 1. The van der Waals surface area contributed by atoms with Crippen LogP contribution >= 0.6 is 15.9 Å². The van der Waals surface area contributed by atoms with Crippen LogP contribution in [0.25, 0.3) is 10.9 Å². The number of nitrogens with zero attached hydrogens (tertiary/aromatic N) is 4. The minimum absolute atomic E-state index is 0.169. The molecule has 0 atom stereocenters. The molecule has 0 saturated carbocycles. The fraction of sp³-hybridized carbons (Fsp3) is 0.300. The maximum atomic E-state index is 12.9. The Morgan fingerprint density at radius 1 is 1.08 bits per heavy atom. The van der Waals surface area contributed by atoms with E-state index in [9.17, 15) is 4.79 Å². The van der Waals surface area contributed by atoms with Crippen LogP contribution in [-0.2, 0) is 11.3 Å². The van der Waals surface area contributed by atoms with Crippen molar-refractivity contribution in [2.24, 2.45) is 0 Å². The standard InChI is InChI=1S/C20H21BrN4O/c1-15-20(21)16-6-2-3-7-17(16)25(15)14-19(26)24-12-10-23(11-13-24)18-8-4-5-9-22-18/h2-9H,10-14H2,1H3. The van der Waals surface area contributed by atoms with Crippen molar-refractivity contribution >= 4 is 38.6 Å². The van der Waals surface area contributed by atoms with E-state index in [1.54, 1.807) is 0 Å². The molecule has 0 unspecified atom stereocenters. The molecule has 1 aliphatic rings. The summed E-state index contributed by atoms with van der Waals surface area (Å²) in [6.07, 6.45) is 1.81. The average Bonchev–Trinajstić information content (AvgIpc) is 2.94. The van der Waals surface area contributed by atoms with E-state index in [1.165, 1.54) is 0 Å². The van der Waals surface area contributed by atoms with E-state index in [0.717, 1.165) is 53.1 Å². The van der Waals surface area contributed by atoms with Gasteiger partial charge in [-0.25, -0.2) is 4.98 Å². The average molecular weight is 413 g/mol. The van der Waals surface area contributed by atoms with Crippen molar-refractivity contribution in [1.82, 2.24) is 14.5 Å². The third-order valence-corrected chi connectivity index (χ3v) is 6.05. The van der Waals surface area contributed by atoms with Gasteiger partial charge in [-0.15, -0.1) is 0 Å². The second kappa shape index (κ2) is 7.11. The number of carbonyl (C=O) groups excluding carboxylic acids is 1. The van der Waals surface area contributed by atoms with Gasteiger partial charge < -0.3 is 14.4 Å². The van der Waals surface area contributed by atoms with Gasteiger partial charge in [-0.05, 0) is 41.1 Å². The van der Waals surface area contributed by atoms with Crippen LogP contribution in [0.5, 0.6) is 0 Å². The van der Waals surface area contributed by atoms with Gasteiger partial charge in [0, 0.05) is 53.4 Å². The van der Waals surface area contributed by atoms with Gasteiger partial charge in [0.25, 0.3) is 0 Å². The number of anilines is 1. The highest BCUT2D eigenvalue weighted by Gasteiger charge is 2.23. The lowest BCUT2D eigenvalue weighted by molar-refractivity contribution is -0.132. The topological polar surface area (TPSA) is 41.4 Å². The highest BCUT2D eigenvalue weighted by molar-refractivity contribution is 9.10. The minimum atomic E-state index is 0.169. The molecule has 1 aliphatic heterocycles. The summed E-state index contributed by atoms with van der Waals surface area (Å²) < 4.78 is 3.17. The first-order valence-corrected chi connectivity index (χ1v) is 9.61. The first-order chi connectivity index (χ1) is 12.6. The number of hydrogen-bond donors (Lipinski definition) is 0. The number of fused-ring (bicyclic) bond motifs is 1. The van der Waals surface area contributed by atoms with Crippen molar-refractivity contribution in [3.05, 3.63) is 58.8 Å². The van der Waals surface area contributed by atoms with Crippen LogP contribution in [-0.4, -0.2) is 46.5 Å². The largest absolute Gasteiger partial charge is 0.353 e. The van der Waals surface area contributed by atoms with Gasteiger partial charge in [0.05, 0.1) is 0 Å². The van der Waals surface area contributed by atoms with Crippen LogP contribution < -0.4 is 4.90 Å². The summed E-state index contributed by atoms with van der Waals surface area (Å²) in [7, 11) is 0. The van der Waals surface area contributed by atoms with Crippen molar-refractivity contribution in [2.45, 2.75) is 13.5 Å². The molecule has 1 aromatic carbocycles. The number of rotatable bonds is 3. The molecule has 0 radical (unpaired) electrons. The van der Waals surface area contributed by atoms with E-state index in [2.05, 4.69) is 49.4 Å². The fourth-order valence-electron chi connectivity index (χ4n) is 3.55. The van der Waals surface area contributed by atoms with Crippen LogP contribution in [0.1, 0.15) is 5.69 Å². The second-order valence-corrected chi connectivity index (χ2v) is 7.35. The SMILES string of the molecule is Cc1c(Br)c2ccccc2n1CC(=O)N1CCN(c2ccccn2)CC1. The van der Waals surface area contributed by atoms with Gasteiger partial charge in [-0.2, -0.15) is 0 Å². The lowest BCUT2D eigenvalue weighted by atomic mass is 10.2. The van der Waals surface area contributed by atoms with Crippen LogP contribution in [0.3, 0.4) is 0 Å². The number of benzene rings is 1. The predicted octanol–water partition coefficient (Wildman–Crippen LogP) is 3.46. The van der Waals surface area contributed by atoms with Crippen LogP contribution in [0.15, 0.2) is 53.1 Å². The number of hydrogen-bond acceptors (Lipinski definition) is 3. The van der Waals surface area contributed by atoms with Gasteiger partial charge >= 0.3 is 0 Å². The summed E-state index contributed by atoms with van der Waals surface area (Å²) in [6.45, 7) is 5.53. The predicted molar refractivity (Wildman–Crippen MR) is 107 cm³/mol. The van der Waals surface area contributed by atoms with E-state index < -0.39 is 0 Å². The maximum Gasteiger partial charge on any atom is 0.242 e. The molecule has 26 heavy (non-hydrogen) atoms. The summed E-state index contributed by atoms with van der Waals surface area (Å²) in [6, 6.07) is 14.1. The molecule has 1 amide bonds. The van der Waals surface area contributed by atoms with Gasteiger partial charge in [0.1, 0.15) is 12.4 Å². The summed E-state index contributed by atoms with van der Waals surface area (Å²) >= 11 is 3.66. The molecule has 6 heteroatoms. The molecule has 0 N–H and O–H groups in total. The summed E-state index contributed by atoms with van der Waals surface area (Å²) in [5.74, 6) is 1.15. The maximum absolute atomic E-state index is 12.9. The number of halogens is 1. The first-order valence-electron chi connectivity index (χ1n) is 8.82. The fourth-order valence-corrected chi connectivity index (χ4v) is 4.10. The number of para-hydroxylation sites is 1. The zero-order valence-corrected chi connectivity index (χ0v) is 16.3. The molecule has 0 spiro atoms. The monoisotopic (exact) mass is 412 g/mol. The van der Waals surface area contributed by atoms with Gasteiger partial charge in [0.2, 0.25) is 5.91 Å². The van der Waals surface area contributed by atoms with E-state index in [1.807, 2.05) is 41.4 Å². The molecular weight excluding hydrogens is 392 g/mol. The lowest BCUT2D eigenvalue weighted by Crippen LogP contribution is -2.49. The third kappa shape index (κ3) is 3.09. The molecule has 5 nitrogen and oxygen atoms in total. The number of pyridine rings is 1. The number of piperazine rings is 1. The van der Waals surface area contributed by atoms with Crippen molar-refractivity contribution in [1.29, 1.82) is 0 Å². The molecule has 134 valence electrons. The molecule has 3 aromatic rings. The van der Waals surface area contributed by atoms with Crippen molar-refractivity contribution in [3.8, 4) is 0 Å². The Labute approximate surface area is 161 Å². The Hall–Kier alpha value is -2.34. The second-order valence-electron chi connectivity index (χ2n) is 6.56. The quantitative estimate of drug-likeness (QED) is 0.661. The van der Waals surface area contributed by atoms with Crippen LogP contribution in [0, 0.1) is 6.92 Å². The Kier molecular flexibility index (Phi) is 4.68. The third-order valence-electron chi connectivity index (χ3n) is 5.05. The summed E-state index contributed by atoms with van der Waals surface area (Å²) in [4.78, 5) is 21.5. The summed E-state index contributed by atoms with van der Waals surface area (Å²) in [5, 5.41) is 1.15. The minimum Gasteiger partial charge on any atom is -0.353 e. The zero-order valence-electron chi connectivity index (χ0n) is 14.7. The zero-order chi connectivity index (χ0) is 18.1. The van der Waals surface area contributed by atoms with Crippen LogP contribution in [0.4, 0.5) is 5.82 Å². The molecular formula is C20H21BrN4O. The van der Waals surface area contributed by atoms with Gasteiger partial charge in [-0.3, -0.25) is 4.79 Å². The normalized spacial score (nSPS) is 14.8. The Morgan fingerprint density at radius 3 is 2.54 bits per heavy atom. The highest BCUT2D eigenvalue weighted by Crippen LogP contribution is 2.30. The van der Waals surface area contributed by atoms with Crippen molar-refractivity contribution in [3.63, 3.8) is 0 Å². The molecule has 4 rings (SSSR count). The van der Waals surface area contributed by atoms with E-state index in [0.29, 0.717) is 6.54 Å².